The Morgan fingerprint density at radius 1 is 1.30 bits per heavy atom. The van der Waals surface area contributed by atoms with E-state index in [1.165, 1.54) is 0 Å². The van der Waals surface area contributed by atoms with E-state index in [1.54, 1.807) is 19.0 Å². The third kappa shape index (κ3) is 8.04. The van der Waals surface area contributed by atoms with Gasteiger partial charge in [-0.05, 0) is 26.9 Å². The summed E-state index contributed by atoms with van der Waals surface area (Å²) >= 11 is 0. The summed E-state index contributed by atoms with van der Waals surface area (Å²) in [6.45, 7) is 3.36. The SMILES string of the molecule is C=CC(=O)OC(=O)CC(C(O)CCCCCO)N(C)C. The minimum Gasteiger partial charge on any atom is -0.396 e. The summed E-state index contributed by atoms with van der Waals surface area (Å²) in [7, 11) is 3.51. The Balaban J connectivity index is 4.29. The van der Waals surface area contributed by atoms with Crippen molar-refractivity contribution in [2.45, 2.75) is 44.2 Å². The number of unbranched alkanes of at least 4 members (excludes halogenated alkanes) is 2. The molecular weight excluding hydrogens is 262 g/mol. The molecule has 0 aromatic heterocycles. The molecule has 0 saturated carbocycles. The highest BCUT2D eigenvalue weighted by atomic mass is 16.6. The molecule has 0 amide bonds. The van der Waals surface area contributed by atoms with E-state index in [1.807, 2.05) is 0 Å². The summed E-state index contributed by atoms with van der Waals surface area (Å²) in [5, 5.41) is 18.8. The first kappa shape index (κ1) is 18.8. The molecule has 116 valence electrons. The second kappa shape index (κ2) is 10.5. The van der Waals surface area contributed by atoms with Crippen LogP contribution in [0.25, 0.3) is 0 Å². The molecule has 0 radical (unpaired) electrons. The van der Waals surface area contributed by atoms with Crippen LogP contribution in [0.2, 0.25) is 0 Å². The van der Waals surface area contributed by atoms with Crippen molar-refractivity contribution in [3.05, 3.63) is 12.7 Å². The molecule has 0 aromatic rings. The Labute approximate surface area is 120 Å². The number of rotatable bonds is 10. The van der Waals surface area contributed by atoms with E-state index >= 15 is 0 Å². The van der Waals surface area contributed by atoms with Gasteiger partial charge in [-0.3, -0.25) is 4.79 Å². The summed E-state index contributed by atoms with van der Waals surface area (Å²) in [4.78, 5) is 24.2. The van der Waals surface area contributed by atoms with Crippen LogP contribution in [-0.2, 0) is 14.3 Å². The first-order chi connectivity index (χ1) is 9.42. The number of carbonyl (C=O) groups is 2. The van der Waals surface area contributed by atoms with E-state index < -0.39 is 24.1 Å². The number of carbonyl (C=O) groups excluding carboxylic acids is 2. The van der Waals surface area contributed by atoms with E-state index in [4.69, 9.17) is 5.11 Å². The summed E-state index contributed by atoms with van der Waals surface area (Å²) < 4.78 is 4.51. The van der Waals surface area contributed by atoms with Crippen molar-refractivity contribution >= 4 is 11.9 Å². The van der Waals surface area contributed by atoms with E-state index in [2.05, 4.69) is 11.3 Å². The van der Waals surface area contributed by atoms with E-state index in [0.29, 0.717) is 12.8 Å². The normalized spacial score (nSPS) is 13.8. The van der Waals surface area contributed by atoms with Gasteiger partial charge in [0, 0.05) is 18.7 Å². The number of esters is 2. The van der Waals surface area contributed by atoms with Gasteiger partial charge < -0.3 is 19.8 Å². The lowest BCUT2D eigenvalue weighted by Crippen LogP contribution is -2.41. The van der Waals surface area contributed by atoms with E-state index in [0.717, 1.165) is 18.9 Å². The van der Waals surface area contributed by atoms with E-state index in [-0.39, 0.29) is 13.0 Å². The molecular formula is C14H25NO5. The van der Waals surface area contributed by atoms with Crippen LogP contribution >= 0.6 is 0 Å². The number of aliphatic hydroxyl groups excluding tert-OH is 2. The van der Waals surface area contributed by atoms with Crippen LogP contribution < -0.4 is 0 Å². The minimum atomic E-state index is -0.787. The maximum atomic E-state index is 11.5. The van der Waals surface area contributed by atoms with Crippen LogP contribution in [0.15, 0.2) is 12.7 Å². The van der Waals surface area contributed by atoms with E-state index in [9.17, 15) is 14.7 Å². The van der Waals surface area contributed by atoms with Gasteiger partial charge in [-0.1, -0.05) is 19.4 Å². The van der Waals surface area contributed by atoms with Gasteiger partial charge in [-0.25, -0.2) is 4.79 Å². The second-order valence-corrected chi connectivity index (χ2v) is 4.87. The predicted molar refractivity (Wildman–Crippen MR) is 74.9 cm³/mol. The van der Waals surface area contributed by atoms with Crippen molar-refractivity contribution < 1.29 is 24.5 Å². The fraction of sp³-hybridized carbons (Fsp3) is 0.714. The zero-order valence-electron chi connectivity index (χ0n) is 12.2. The molecule has 2 atom stereocenters. The number of aliphatic hydroxyl groups is 2. The molecule has 0 rings (SSSR count). The lowest BCUT2D eigenvalue weighted by atomic mass is 10.0. The molecule has 6 heteroatoms. The first-order valence-corrected chi connectivity index (χ1v) is 6.74. The molecule has 0 spiro atoms. The van der Waals surface area contributed by atoms with Gasteiger partial charge in [0.25, 0.3) is 0 Å². The second-order valence-electron chi connectivity index (χ2n) is 4.87. The maximum Gasteiger partial charge on any atom is 0.337 e. The van der Waals surface area contributed by atoms with Gasteiger partial charge >= 0.3 is 11.9 Å². The molecule has 0 aliphatic heterocycles. The molecule has 0 aromatic carbocycles. The molecule has 20 heavy (non-hydrogen) atoms. The van der Waals surface area contributed by atoms with Crippen LogP contribution in [0, 0.1) is 0 Å². The van der Waals surface area contributed by atoms with Gasteiger partial charge in [0.1, 0.15) is 0 Å². The number of hydrogen-bond acceptors (Lipinski definition) is 6. The number of nitrogens with zero attached hydrogens (tertiary/aromatic N) is 1. The third-order valence-electron chi connectivity index (χ3n) is 3.02. The molecule has 0 fully saturated rings. The van der Waals surface area contributed by atoms with Crippen molar-refractivity contribution in [1.82, 2.24) is 4.90 Å². The highest BCUT2D eigenvalue weighted by Crippen LogP contribution is 2.14. The Morgan fingerprint density at radius 3 is 2.45 bits per heavy atom. The average Bonchev–Trinajstić information content (AvgIpc) is 2.40. The highest BCUT2D eigenvalue weighted by Gasteiger charge is 2.25. The lowest BCUT2D eigenvalue weighted by Gasteiger charge is -2.28. The number of likely N-dealkylation sites (N-methyl/N-ethyl adjacent to an activating group) is 1. The Kier molecular flexibility index (Phi) is 9.88. The zero-order valence-corrected chi connectivity index (χ0v) is 12.2. The van der Waals surface area contributed by atoms with Crippen LogP contribution in [0.3, 0.4) is 0 Å². The molecule has 0 aliphatic rings. The average molecular weight is 287 g/mol. The van der Waals surface area contributed by atoms with Gasteiger partial charge in [0.2, 0.25) is 0 Å². The fourth-order valence-corrected chi connectivity index (χ4v) is 1.86. The third-order valence-corrected chi connectivity index (χ3v) is 3.02. The molecule has 0 saturated heterocycles. The molecule has 2 N–H and O–H groups in total. The smallest absolute Gasteiger partial charge is 0.337 e. The highest BCUT2D eigenvalue weighted by molar-refractivity contribution is 5.91. The van der Waals surface area contributed by atoms with Crippen molar-refractivity contribution in [3.8, 4) is 0 Å². The van der Waals surface area contributed by atoms with Gasteiger partial charge in [0.15, 0.2) is 0 Å². The summed E-state index contributed by atoms with van der Waals surface area (Å²) in [5.74, 6) is -1.46. The maximum absolute atomic E-state index is 11.5. The summed E-state index contributed by atoms with van der Waals surface area (Å²) in [6.07, 6.45) is 3.01. The van der Waals surface area contributed by atoms with Crippen LogP contribution in [0.1, 0.15) is 32.1 Å². The number of ether oxygens (including phenoxy) is 1. The van der Waals surface area contributed by atoms with Crippen LogP contribution in [0.4, 0.5) is 0 Å². The van der Waals surface area contributed by atoms with Crippen molar-refractivity contribution in [1.29, 1.82) is 0 Å². The molecule has 0 heterocycles. The molecule has 0 bridgehead atoms. The van der Waals surface area contributed by atoms with Crippen molar-refractivity contribution in [3.63, 3.8) is 0 Å². The first-order valence-electron chi connectivity index (χ1n) is 6.74. The molecule has 2 unspecified atom stereocenters. The Bertz CT molecular complexity index is 317. The Hall–Kier alpha value is -1.24. The van der Waals surface area contributed by atoms with Gasteiger partial charge in [-0.2, -0.15) is 0 Å². The van der Waals surface area contributed by atoms with Crippen LogP contribution in [-0.4, -0.2) is 59.9 Å². The standard InChI is InChI=1S/C14H25NO5/c1-4-13(18)20-14(19)10-11(15(2)3)12(17)8-6-5-7-9-16/h4,11-12,16-17H,1,5-10H2,2-3H3. The quantitative estimate of drug-likeness (QED) is 0.263. The largest absolute Gasteiger partial charge is 0.396 e. The summed E-state index contributed by atoms with van der Waals surface area (Å²) in [5.41, 5.74) is 0. The van der Waals surface area contributed by atoms with Crippen molar-refractivity contribution in [2.24, 2.45) is 0 Å². The van der Waals surface area contributed by atoms with Crippen LogP contribution in [0.5, 0.6) is 0 Å². The molecule has 0 aliphatic carbocycles. The zero-order chi connectivity index (χ0) is 15.5. The van der Waals surface area contributed by atoms with Gasteiger partial charge in [-0.15, -0.1) is 0 Å². The van der Waals surface area contributed by atoms with Gasteiger partial charge in [0.05, 0.1) is 12.5 Å². The van der Waals surface area contributed by atoms with Crippen molar-refractivity contribution in [2.75, 3.05) is 20.7 Å². The topological polar surface area (TPSA) is 87.1 Å². The lowest BCUT2D eigenvalue weighted by molar-refractivity contribution is -0.157. The minimum absolute atomic E-state index is 0.0618. The molecule has 6 nitrogen and oxygen atoms in total. The summed E-state index contributed by atoms with van der Waals surface area (Å²) in [6, 6.07) is -0.408. The monoisotopic (exact) mass is 287 g/mol. The fourth-order valence-electron chi connectivity index (χ4n) is 1.86. The predicted octanol–water partition coefficient (Wildman–Crippen LogP) is 0.476. The Morgan fingerprint density at radius 2 is 1.95 bits per heavy atom. The number of hydrogen-bond donors (Lipinski definition) is 2.